The van der Waals surface area contributed by atoms with E-state index in [2.05, 4.69) is 5.32 Å². The third kappa shape index (κ3) is 6.90. The molecular formula is C25H23NO7. The first-order valence-electron chi connectivity index (χ1n) is 10.4. The summed E-state index contributed by atoms with van der Waals surface area (Å²) in [4.78, 5) is 48.1. The molecule has 0 atom stereocenters. The quantitative estimate of drug-likeness (QED) is 0.280. The van der Waals surface area contributed by atoms with Crippen LogP contribution in [0.2, 0.25) is 0 Å². The fourth-order valence-corrected chi connectivity index (χ4v) is 2.94. The number of nitrogens with one attached hydrogen (secondary N) is 1. The average Bonchev–Trinajstić information content (AvgIpc) is 3.37. The highest BCUT2D eigenvalue weighted by atomic mass is 16.5. The van der Waals surface area contributed by atoms with Gasteiger partial charge in [-0.2, -0.15) is 0 Å². The normalized spacial score (nSPS) is 10.3. The van der Waals surface area contributed by atoms with Gasteiger partial charge in [0.2, 0.25) is 11.7 Å². The van der Waals surface area contributed by atoms with Crippen molar-refractivity contribution in [1.29, 1.82) is 0 Å². The van der Waals surface area contributed by atoms with E-state index in [4.69, 9.17) is 13.9 Å². The van der Waals surface area contributed by atoms with E-state index in [1.165, 1.54) is 36.6 Å². The number of ether oxygens (including phenoxy) is 2. The molecule has 0 aliphatic carbocycles. The fourth-order valence-electron chi connectivity index (χ4n) is 2.94. The van der Waals surface area contributed by atoms with Crippen molar-refractivity contribution in [3.63, 3.8) is 0 Å². The molecule has 0 radical (unpaired) electrons. The first-order chi connectivity index (χ1) is 16.0. The number of Topliss-reactive ketones (excluding diaryl/α,β-unsaturated/α-hetero) is 1. The standard InChI is InChI=1S/C25H23NO7/c1-2-17-6-3-4-7-20(17)26-23(28)13-14-24(29)32-16-21(27)18-9-11-19(12-10-18)33-25(30)22-8-5-15-31-22/h3-12,15H,2,13-14,16H2,1H3,(H,26,28). The highest BCUT2D eigenvalue weighted by Crippen LogP contribution is 2.17. The minimum absolute atomic E-state index is 0.0548. The summed E-state index contributed by atoms with van der Waals surface area (Å²) in [5.74, 6) is -1.74. The largest absolute Gasteiger partial charge is 0.457 e. The molecule has 1 aromatic heterocycles. The minimum atomic E-state index is -0.657. The number of para-hydroxylation sites is 1. The van der Waals surface area contributed by atoms with Crippen LogP contribution in [-0.4, -0.2) is 30.2 Å². The van der Waals surface area contributed by atoms with Gasteiger partial charge in [-0.1, -0.05) is 25.1 Å². The molecule has 0 fully saturated rings. The molecule has 2 aromatic carbocycles. The second-order valence-electron chi connectivity index (χ2n) is 7.03. The van der Waals surface area contributed by atoms with Crippen molar-refractivity contribution >= 4 is 29.3 Å². The Bertz CT molecular complexity index is 1120. The maximum atomic E-state index is 12.2. The van der Waals surface area contributed by atoms with Gasteiger partial charge < -0.3 is 19.2 Å². The second-order valence-corrected chi connectivity index (χ2v) is 7.03. The molecular weight excluding hydrogens is 426 g/mol. The van der Waals surface area contributed by atoms with Crippen LogP contribution in [0, 0.1) is 0 Å². The number of hydrogen-bond acceptors (Lipinski definition) is 7. The van der Waals surface area contributed by atoms with Crippen LogP contribution in [0.1, 0.15) is 46.2 Å². The lowest BCUT2D eigenvalue weighted by Gasteiger charge is -2.09. The summed E-state index contributed by atoms with van der Waals surface area (Å²) in [6.45, 7) is 1.53. The van der Waals surface area contributed by atoms with Gasteiger partial charge in [-0.15, -0.1) is 0 Å². The monoisotopic (exact) mass is 449 g/mol. The molecule has 0 aliphatic rings. The Morgan fingerprint density at radius 1 is 0.909 bits per heavy atom. The molecule has 1 N–H and O–H groups in total. The van der Waals surface area contributed by atoms with Crippen LogP contribution in [0.5, 0.6) is 5.75 Å². The minimum Gasteiger partial charge on any atom is -0.457 e. The Hall–Kier alpha value is -4.20. The van der Waals surface area contributed by atoms with Crippen molar-refractivity contribution in [1.82, 2.24) is 0 Å². The molecule has 3 rings (SSSR count). The van der Waals surface area contributed by atoms with Crippen LogP contribution in [0.4, 0.5) is 5.69 Å². The number of carbonyl (C=O) groups is 4. The number of amides is 1. The van der Waals surface area contributed by atoms with E-state index in [1.54, 1.807) is 12.1 Å². The van der Waals surface area contributed by atoms with Gasteiger partial charge >= 0.3 is 11.9 Å². The van der Waals surface area contributed by atoms with E-state index < -0.39 is 24.3 Å². The lowest BCUT2D eigenvalue weighted by Crippen LogP contribution is -2.18. The molecule has 0 saturated heterocycles. The number of carbonyl (C=O) groups excluding carboxylic acids is 4. The molecule has 1 amide bonds. The van der Waals surface area contributed by atoms with Gasteiger partial charge in [-0.05, 0) is 54.4 Å². The van der Waals surface area contributed by atoms with Gasteiger partial charge in [0.1, 0.15) is 5.75 Å². The van der Waals surface area contributed by atoms with Gasteiger partial charge in [0.05, 0.1) is 12.7 Å². The summed E-state index contributed by atoms with van der Waals surface area (Å²) in [7, 11) is 0. The van der Waals surface area contributed by atoms with E-state index in [-0.39, 0.29) is 35.8 Å². The molecule has 8 heteroatoms. The zero-order valence-electron chi connectivity index (χ0n) is 18.0. The van der Waals surface area contributed by atoms with Crippen molar-refractivity contribution < 1.29 is 33.1 Å². The van der Waals surface area contributed by atoms with Crippen LogP contribution in [0.3, 0.4) is 0 Å². The first kappa shape index (κ1) is 23.5. The third-order valence-electron chi connectivity index (χ3n) is 4.70. The Labute approximate surface area is 190 Å². The maximum absolute atomic E-state index is 12.2. The summed E-state index contributed by atoms with van der Waals surface area (Å²) in [5, 5.41) is 2.78. The number of rotatable bonds is 10. The highest BCUT2D eigenvalue weighted by molar-refractivity contribution is 5.98. The summed E-state index contributed by atoms with van der Waals surface area (Å²) in [5.41, 5.74) is 2.00. The Morgan fingerprint density at radius 3 is 2.36 bits per heavy atom. The van der Waals surface area contributed by atoms with Gasteiger partial charge in [-0.25, -0.2) is 4.79 Å². The summed E-state index contributed by atoms with van der Waals surface area (Å²) in [6, 6.07) is 16.3. The topological polar surface area (TPSA) is 112 Å². The number of hydrogen-bond donors (Lipinski definition) is 1. The lowest BCUT2D eigenvalue weighted by molar-refractivity contribution is -0.143. The highest BCUT2D eigenvalue weighted by Gasteiger charge is 2.14. The number of ketones is 1. The SMILES string of the molecule is CCc1ccccc1NC(=O)CCC(=O)OCC(=O)c1ccc(OC(=O)c2ccco2)cc1. The average molecular weight is 449 g/mol. The predicted molar refractivity (Wildman–Crippen MR) is 119 cm³/mol. The van der Waals surface area contributed by atoms with Gasteiger partial charge in [-0.3, -0.25) is 14.4 Å². The molecule has 33 heavy (non-hydrogen) atoms. The van der Waals surface area contributed by atoms with E-state index in [0.717, 1.165) is 12.0 Å². The van der Waals surface area contributed by atoms with Crippen LogP contribution in [0.25, 0.3) is 0 Å². The number of anilines is 1. The number of aryl methyl sites for hydroxylation is 1. The van der Waals surface area contributed by atoms with Crippen LogP contribution in [-0.2, 0) is 20.7 Å². The molecule has 0 bridgehead atoms. The number of furan rings is 1. The predicted octanol–water partition coefficient (Wildman–Crippen LogP) is 4.21. The summed E-state index contributed by atoms with van der Waals surface area (Å²) < 4.78 is 15.1. The lowest BCUT2D eigenvalue weighted by atomic mass is 10.1. The fraction of sp³-hybridized carbons (Fsp3) is 0.200. The first-order valence-corrected chi connectivity index (χ1v) is 10.4. The van der Waals surface area contributed by atoms with Gasteiger partial charge in [0, 0.05) is 17.7 Å². The van der Waals surface area contributed by atoms with Crippen molar-refractivity contribution in [2.75, 3.05) is 11.9 Å². The van der Waals surface area contributed by atoms with E-state index in [0.29, 0.717) is 5.69 Å². The Kier molecular flexibility index (Phi) is 8.13. The number of esters is 2. The van der Waals surface area contributed by atoms with E-state index >= 15 is 0 Å². The zero-order chi connectivity index (χ0) is 23.6. The molecule has 3 aromatic rings. The van der Waals surface area contributed by atoms with Crippen LogP contribution >= 0.6 is 0 Å². The molecule has 1 heterocycles. The second kappa shape index (κ2) is 11.4. The van der Waals surface area contributed by atoms with Crippen LogP contribution < -0.4 is 10.1 Å². The molecule has 0 saturated carbocycles. The van der Waals surface area contributed by atoms with Crippen molar-refractivity contribution in [2.45, 2.75) is 26.2 Å². The van der Waals surface area contributed by atoms with Crippen molar-refractivity contribution in [3.05, 3.63) is 83.8 Å². The third-order valence-corrected chi connectivity index (χ3v) is 4.70. The summed E-state index contributed by atoms with van der Waals surface area (Å²) >= 11 is 0. The van der Waals surface area contributed by atoms with Crippen molar-refractivity contribution in [2.24, 2.45) is 0 Å². The maximum Gasteiger partial charge on any atom is 0.379 e. The molecule has 170 valence electrons. The van der Waals surface area contributed by atoms with E-state index in [1.807, 2.05) is 25.1 Å². The molecule has 0 unspecified atom stereocenters. The number of benzene rings is 2. The van der Waals surface area contributed by atoms with Gasteiger partial charge in [0.25, 0.3) is 0 Å². The summed E-state index contributed by atoms with van der Waals surface area (Å²) in [6.07, 6.45) is 1.93. The molecule has 8 nitrogen and oxygen atoms in total. The zero-order valence-corrected chi connectivity index (χ0v) is 18.0. The Balaban J connectivity index is 1.41. The van der Waals surface area contributed by atoms with Crippen molar-refractivity contribution in [3.8, 4) is 5.75 Å². The van der Waals surface area contributed by atoms with Gasteiger partial charge in [0.15, 0.2) is 12.4 Å². The molecule has 0 spiro atoms. The molecule has 0 aliphatic heterocycles. The van der Waals surface area contributed by atoms with Crippen LogP contribution in [0.15, 0.2) is 71.3 Å². The van der Waals surface area contributed by atoms with E-state index in [9.17, 15) is 19.2 Å². The Morgan fingerprint density at radius 2 is 1.67 bits per heavy atom. The smallest absolute Gasteiger partial charge is 0.379 e.